The molecule has 0 spiro atoms. The van der Waals surface area contributed by atoms with Gasteiger partial charge >= 0.3 is 6.01 Å². The van der Waals surface area contributed by atoms with Crippen molar-refractivity contribution in [2.24, 2.45) is 0 Å². The summed E-state index contributed by atoms with van der Waals surface area (Å²) in [5.74, 6) is 0.789. The summed E-state index contributed by atoms with van der Waals surface area (Å²) in [5, 5.41) is 0. The third-order valence-electron chi connectivity index (χ3n) is 3.56. The van der Waals surface area contributed by atoms with Gasteiger partial charge in [0.25, 0.3) is 0 Å². The van der Waals surface area contributed by atoms with Gasteiger partial charge in [-0.25, -0.2) is 0 Å². The molecule has 2 N–H and O–H groups in total. The minimum Gasteiger partial charge on any atom is -0.461 e. The number of piperazine rings is 1. The Kier molecular flexibility index (Phi) is 3.99. The zero-order chi connectivity index (χ0) is 14.9. The van der Waals surface area contributed by atoms with Gasteiger partial charge in [0, 0.05) is 25.2 Å². The lowest BCUT2D eigenvalue weighted by molar-refractivity contribution is 0.137. The lowest BCUT2D eigenvalue weighted by atomic mass is 10.0. The Labute approximate surface area is 120 Å². The molecule has 1 aliphatic heterocycles. The molecular weight excluding hydrogens is 256 g/mol. The van der Waals surface area contributed by atoms with Crippen LogP contribution in [0.15, 0.2) is 0 Å². The number of likely N-dealkylation sites (N-methyl/N-ethyl adjacent to an activating group) is 1. The lowest BCUT2D eigenvalue weighted by Gasteiger charge is -2.45. The van der Waals surface area contributed by atoms with E-state index in [-0.39, 0.29) is 17.6 Å². The predicted molar refractivity (Wildman–Crippen MR) is 78.9 cm³/mol. The van der Waals surface area contributed by atoms with Crippen molar-refractivity contribution in [2.45, 2.75) is 39.3 Å². The van der Waals surface area contributed by atoms with Gasteiger partial charge in [0.05, 0.1) is 6.10 Å². The molecule has 1 aliphatic rings. The van der Waals surface area contributed by atoms with E-state index in [0.717, 1.165) is 19.6 Å². The third kappa shape index (κ3) is 3.27. The van der Waals surface area contributed by atoms with Crippen molar-refractivity contribution in [1.29, 1.82) is 0 Å². The van der Waals surface area contributed by atoms with Crippen molar-refractivity contribution in [3.63, 3.8) is 0 Å². The fraction of sp³-hybridized carbons (Fsp3) is 0.769. The summed E-state index contributed by atoms with van der Waals surface area (Å²) >= 11 is 0. The summed E-state index contributed by atoms with van der Waals surface area (Å²) < 4.78 is 5.52. The van der Waals surface area contributed by atoms with Crippen LogP contribution in [0.3, 0.4) is 0 Å². The SMILES string of the molecule is CC(C)Oc1nc(N)nc(N2CCN(C)C(C)(C)C2)n1. The molecule has 0 bridgehead atoms. The van der Waals surface area contributed by atoms with Gasteiger partial charge in [0.1, 0.15) is 0 Å². The smallest absolute Gasteiger partial charge is 0.323 e. The molecule has 0 atom stereocenters. The molecule has 1 aromatic rings. The highest BCUT2D eigenvalue weighted by Crippen LogP contribution is 2.23. The molecule has 0 amide bonds. The van der Waals surface area contributed by atoms with Crippen molar-refractivity contribution in [1.82, 2.24) is 19.9 Å². The molecule has 1 aromatic heterocycles. The molecule has 20 heavy (non-hydrogen) atoms. The fourth-order valence-corrected chi connectivity index (χ4v) is 2.18. The molecule has 0 unspecified atom stereocenters. The number of hydrogen-bond donors (Lipinski definition) is 1. The van der Waals surface area contributed by atoms with Gasteiger partial charge in [-0.1, -0.05) is 0 Å². The van der Waals surface area contributed by atoms with Crippen LogP contribution in [0.25, 0.3) is 0 Å². The van der Waals surface area contributed by atoms with Crippen molar-refractivity contribution in [3.8, 4) is 6.01 Å². The largest absolute Gasteiger partial charge is 0.461 e. The Morgan fingerprint density at radius 2 is 1.90 bits per heavy atom. The van der Waals surface area contributed by atoms with Gasteiger partial charge in [-0.05, 0) is 34.7 Å². The molecule has 1 fully saturated rings. The molecule has 7 heteroatoms. The van der Waals surface area contributed by atoms with Crippen LogP contribution in [0, 0.1) is 0 Å². The molecule has 112 valence electrons. The van der Waals surface area contributed by atoms with Crippen LogP contribution in [0.1, 0.15) is 27.7 Å². The lowest BCUT2D eigenvalue weighted by Crippen LogP contribution is -2.58. The first kappa shape index (κ1) is 14.8. The number of nitrogens with zero attached hydrogens (tertiary/aromatic N) is 5. The quantitative estimate of drug-likeness (QED) is 0.876. The average molecular weight is 280 g/mol. The molecule has 2 heterocycles. The van der Waals surface area contributed by atoms with E-state index >= 15 is 0 Å². The van der Waals surface area contributed by atoms with E-state index in [1.165, 1.54) is 0 Å². The Balaban J connectivity index is 2.22. The second-order valence-corrected chi connectivity index (χ2v) is 6.10. The highest BCUT2D eigenvalue weighted by molar-refractivity contribution is 5.37. The molecule has 0 radical (unpaired) electrons. The highest BCUT2D eigenvalue weighted by atomic mass is 16.5. The van der Waals surface area contributed by atoms with Crippen LogP contribution in [0.4, 0.5) is 11.9 Å². The van der Waals surface area contributed by atoms with E-state index in [1.54, 1.807) is 0 Å². The van der Waals surface area contributed by atoms with Gasteiger partial charge in [0.2, 0.25) is 11.9 Å². The Morgan fingerprint density at radius 1 is 1.20 bits per heavy atom. The standard InChI is InChI=1S/C13H24N6O/c1-9(2)20-12-16-10(14)15-11(17-12)19-7-6-18(5)13(3,4)8-19/h9H,6-8H2,1-5H3,(H2,14,15,16,17). The van der Waals surface area contributed by atoms with Crippen LogP contribution in [-0.2, 0) is 0 Å². The van der Waals surface area contributed by atoms with Crippen LogP contribution in [0.5, 0.6) is 6.01 Å². The maximum atomic E-state index is 5.76. The maximum absolute atomic E-state index is 5.76. The summed E-state index contributed by atoms with van der Waals surface area (Å²) in [5.41, 5.74) is 5.83. The zero-order valence-corrected chi connectivity index (χ0v) is 12.9. The van der Waals surface area contributed by atoms with Gasteiger partial charge in [-0.3, -0.25) is 4.90 Å². The monoisotopic (exact) mass is 280 g/mol. The number of hydrogen-bond acceptors (Lipinski definition) is 7. The van der Waals surface area contributed by atoms with Crippen molar-refractivity contribution < 1.29 is 4.74 Å². The van der Waals surface area contributed by atoms with E-state index in [0.29, 0.717) is 12.0 Å². The predicted octanol–water partition coefficient (Wildman–Crippen LogP) is 0.771. The second kappa shape index (κ2) is 5.40. The van der Waals surface area contributed by atoms with Crippen LogP contribution in [0.2, 0.25) is 0 Å². The number of nitrogen functional groups attached to an aromatic ring is 1. The first-order chi connectivity index (χ1) is 9.28. The number of ether oxygens (including phenoxy) is 1. The Bertz CT molecular complexity index is 476. The zero-order valence-electron chi connectivity index (χ0n) is 12.9. The van der Waals surface area contributed by atoms with Gasteiger partial charge in [0.15, 0.2) is 0 Å². The molecule has 0 aromatic carbocycles. The molecule has 0 aliphatic carbocycles. The van der Waals surface area contributed by atoms with Crippen LogP contribution < -0.4 is 15.4 Å². The second-order valence-electron chi connectivity index (χ2n) is 6.10. The van der Waals surface area contributed by atoms with Crippen LogP contribution >= 0.6 is 0 Å². The van der Waals surface area contributed by atoms with Gasteiger partial charge in [-0.15, -0.1) is 0 Å². The molecule has 7 nitrogen and oxygen atoms in total. The summed E-state index contributed by atoms with van der Waals surface area (Å²) in [6.45, 7) is 10.9. The Morgan fingerprint density at radius 3 is 2.50 bits per heavy atom. The highest BCUT2D eigenvalue weighted by Gasteiger charge is 2.32. The fourth-order valence-electron chi connectivity index (χ4n) is 2.18. The van der Waals surface area contributed by atoms with Crippen molar-refractivity contribution in [2.75, 3.05) is 37.3 Å². The average Bonchev–Trinajstić information content (AvgIpc) is 2.31. The number of aromatic nitrogens is 3. The van der Waals surface area contributed by atoms with Crippen LogP contribution in [-0.4, -0.2) is 58.2 Å². The topological polar surface area (TPSA) is 80.4 Å². The maximum Gasteiger partial charge on any atom is 0.323 e. The summed E-state index contributed by atoms with van der Waals surface area (Å²) in [6.07, 6.45) is 0.00794. The third-order valence-corrected chi connectivity index (χ3v) is 3.56. The van der Waals surface area contributed by atoms with Gasteiger partial charge in [-0.2, -0.15) is 15.0 Å². The van der Waals surface area contributed by atoms with E-state index in [1.807, 2.05) is 13.8 Å². The molecular formula is C13H24N6O. The van der Waals surface area contributed by atoms with Gasteiger partial charge < -0.3 is 15.4 Å². The minimum absolute atomic E-state index is 0.00794. The molecule has 2 rings (SSSR count). The van der Waals surface area contributed by atoms with E-state index < -0.39 is 0 Å². The van der Waals surface area contributed by atoms with E-state index in [9.17, 15) is 0 Å². The van der Waals surface area contributed by atoms with E-state index in [4.69, 9.17) is 10.5 Å². The van der Waals surface area contributed by atoms with Crippen molar-refractivity contribution in [3.05, 3.63) is 0 Å². The molecule has 0 saturated carbocycles. The first-order valence-corrected chi connectivity index (χ1v) is 6.92. The summed E-state index contributed by atoms with van der Waals surface area (Å²) in [4.78, 5) is 17.1. The normalized spacial score (nSPS) is 19.4. The van der Waals surface area contributed by atoms with Crippen molar-refractivity contribution >= 4 is 11.9 Å². The Hall–Kier alpha value is -1.63. The first-order valence-electron chi connectivity index (χ1n) is 6.92. The molecule has 1 saturated heterocycles. The number of anilines is 2. The number of nitrogens with two attached hydrogens (primary N) is 1. The minimum atomic E-state index is 0.00794. The van der Waals surface area contributed by atoms with E-state index in [2.05, 4.69) is 45.6 Å². The number of rotatable bonds is 3. The summed E-state index contributed by atoms with van der Waals surface area (Å²) in [7, 11) is 2.13. The summed E-state index contributed by atoms with van der Waals surface area (Å²) in [6, 6.07) is 0.291.